The maximum atomic E-state index is 12.9. The second kappa shape index (κ2) is 9.20. The zero-order valence-electron chi connectivity index (χ0n) is 17.4. The number of piperazine rings is 1. The Labute approximate surface area is 174 Å². The summed E-state index contributed by atoms with van der Waals surface area (Å²) < 4.78 is 38.2. The van der Waals surface area contributed by atoms with Crippen LogP contribution in [0.2, 0.25) is 0 Å². The maximum absolute atomic E-state index is 12.9. The molecule has 10 heteroatoms. The summed E-state index contributed by atoms with van der Waals surface area (Å²) in [5.74, 6) is 0.600. The third-order valence-electron chi connectivity index (χ3n) is 5.87. The Kier molecular flexibility index (Phi) is 6.84. The molecular formula is C20H28F3N5O2. The van der Waals surface area contributed by atoms with Gasteiger partial charge in [-0.3, -0.25) is 14.5 Å². The monoisotopic (exact) mass is 427 g/mol. The number of halogens is 3. The first-order chi connectivity index (χ1) is 14.2. The van der Waals surface area contributed by atoms with E-state index in [2.05, 4.69) is 9.88 Å². The quantitative estimate of drug-likeness (QED) is 0.735. The van der Waals surface area contributed by atoms with Crippen molar-refractivity contribution in [2.75, 3.05) is 57.3 Å². The average molecular weight is 427 g/mol. The molecule has 2 amide bonds. The molecule has 0 aromatic carbocycles. The fourth-order valence-corrected chi connectivity index (χ4v) is 3.96. The number of carbonyl (C=O) groups excluding carboxylic acids is 2. The van der Waals surface area contributed by atoms with Gasteiger partial charge in [-0.25, -0.2) is 4.98 Å². The number of hydrogen-bond acceptors (Lipinski definition) is 5. The van der Waals surface area contributed by atoms with Crippen molar-refractivity contribution in [1.29, 1.82) is 0 Å². The van der Waals surface area contributed by atoms with Gasteiger partial charge in [0, 0.05) is 65.5 Å². The summed E-state index contributed by atoms with van der Waals surface area (Å²) in [7, 11) is 0. The van der Waals surface area contributed by atoms with Crippen LogP contribution in [0.25, 0.3) is 0 Å². The van der Waals surface area contributed by atoms with Gasteiger partial charge >= 0.3 is 6.18 Å². The molecular weight excluding hydrogens is 399 g/mol. The van der Waals surface area contributed by atoms with Gasteiger partial charge in [0.15, 0.2) is 0 Å². The van der Waals surface area contributed by atoms with Crippen LogP contribution in [-0.4, -0.2) is 89.9 Å². The van der Waals surface area contributed by atoms with Crippen molar-refractivity contribution in [3.63, 3.8) is 0 Å². The molecule has 1 aromatic heterocycles. The number of hydrogen-bond donors (Lipinski definition) is 0. The van der Waals surface area contributed by atoms with Crippen molar-refractivity contribution in [2.45, 2.75) is 32.5 Å². The summed E-state index contributed by atoms with van der Waals surface area (Å²) in [5, 5.41) is 0. The molecule has 0 radical (unpaired) electrons. The third kappa shape index (κ3) is 5.21. The summed E-state index contributed by atoms with van der Waals surface area (Å²) in [6.07, 6.45) is -2.74. The Balaban J connectivity index is 1.55. The summed E-state index contributed by atoms with van der Waals surface area (Å²) in [6.45, 7) is 8.25. The number of amides is 2. The molecule has 30 heavy (non-hydrogen) atoms. The van der Waals surface area contributed by atoms with Crippen LogP contribution < -0.4 is 4.90 Å². The predicted octanol–water partition coefficient (Wildman–Crippen LogP) is 1.69. The Morgan fingerprint density at radius 1 is 0.967 bits per heavy atom. The summed E-state index contributed by atoms with van der Waals surface area (Å²) in [6, 6.07) is 2.17. The lowest BCUT2D eigenvalue weighted by Gasteiger charge is -2.37. The van der Waals surface area contributed by atoms with Crippen LogP contribution in [-0.2, 0) is 15.8 Å². The molecule has 0 N–H and O–H groups in total. The van der Waals surface area contributed by atoms with E-state index in [1.165, 1.54) is 13.0 Å². The Morgan fingerprint density at radius 3 is 2.20 bits per heavy atom. The van der Waals surface area contributed by atoms with Gasteiger partial charge in [0.1, 0.15) is 5.82 Å². The molecule has 7 nitrogen and oxygen atoms in total. The van der Waals surface area contributed by atoms with E-state index in [4.69, 9.17) is 0 Å². The standard InChI is InChI=1S/C20H28F3N5O2/c1-15(19(30)28-12-9-26(10-13-28)16(2)29)25-6-3-7-27(11-8-25)18-5-4-17(14-24-18)20(21,22)23/h4-5,14-15H,3,6-13H2,1-2H3. The molecule has 166 valence electrons. The molecule has 2 saturated heterocycles. The molecule has 0 saturated carbocycles. The number of aromatic nitrogens is 1. The number of anilines is 1. The van der Waals surface area contributed by atoms with Crippen molar-refractivity contribution < 1.29 is 22.8 Å². The van der Waals surface area contributed by atoms with Crippen molar-refractivity contribution in [2.24, 2.45) is 0 Å². The van der Waals surface area contributed by atoms with E-state index >= 15 is 0 Å². The predicted molar refractivity (Wildman–Crippen MR) is 106 cm³/mol. The van der Waals surface area contributed by atoms with Gasteiger partial charge in [-0.15, -0.1) is 0 Å². The van der Waals surface area contributed by atoms with Crippen LogP contribution in [0.3, 0.4) is 0 Å². The van der Waals surface area contributed by atoms with Gasteiger partial charge in [0.2, 0.25) is 11.8 Å². The van der Waals surface area contributed by atoms with Gasteiger partial charge < -0.3 is 14.7 Å². The van der Waals surface area contributed by atoms with Crippen LogP contribution >= 0.6 is 0 Å². The SMILES string of the molecule is CC(=O)N1CCN(C(=O)C(C)N2CCCN(c3ccc(C(F)(F)F)cn3)CC2)CC1. The molecule has 2 aliphatic heterocycles. The van der Waals surface area contributed by atoms with Gasteiger partial charge in [-0.1, -0.05) is 0 Å². The maximum Gasteiger partial charge on any atom is 0.417 e. The first-order valence-electron chi connectivity index (χ1n) is 10.2. The van der Waals surface area contributed by atoms with Crippen molar-refractivity contribution in [1.82, 2.24) is 19.7 Å². The first kappa shape index (κ1) is 22.3. The fraction of sp³-hybridized carbons (Fsp3) is 0.650. The Morgan fingerprint density at radius 2 is 1.63 bits per heavy atom. The highest BCUT2D eigenvalue weighted by Crippen LogP contribution is 2.29. The van der Waals surface area contributed by atoms with Crippen LogP contribution in [0.15, 0.2) is 18.3 Å². The van der Waals surface area contributed by atoms with E-state index in [0.29, 0.717) is 51.6 Å². The van der Waals surface area contributed by atoms with E-state index in [1.54, 1.807) is 4.90 Å². The lowest BCUT2D eigenvalue weighted by atomic mass is 10.2. The highest BCUT2D eigenvalue weighted by Gasteiger charge is 2.32. The van der Waals surface area contributed by atoms with Gasteiger partial charge in [-0.05, 0) is 25.5 Å². The zero-order valence-corrected chi connectivity index (χ0v) is 17.4. The Hall–Kier alpha value is -2.36. The minimum absolute atomic E-state index is 0.0274. The number of nitrogens with zero attached hydrogens (tertiary/aromatic N) is 5. The average Bonchev–Trinajstić information content (AvgIpc) is 2.98. The third-order valence-corrected chi connectivity index (χ3v) is 5.87. The molecule has 0 spiro atoms. The molecule has 1 unspecified atom stereocenters. The highest BCUT2D eigenvalue weighted by atomic mass is 19.4. The minimum atomic E-state index is -4.40. The van der Waals surface area contributed by atoms with Gasteiger partial charge in [0.05, 0.1) is 11.6 Å². The van der Waals surface area contributed by atoms with Crippen LogP contribution in [0, 0.1) is 0 Å². The van der Waals surface area contributed by atoms with Crippen molar-refractivity contribution >= 4 is 17.6 Å². The number of alkyl halides is 3. The van der Waals surface area contributed by atoms with E-state index < -0.39 is 11.7 Å². The van der Waals surface area contributed by atoms with Crippen LogP contribution in [0.4, 0.5) is 19.0 Å². The first-order valence-corrected chi connectivity index (χ1v) is 10.2. The lowest BCUT2D eigenvalue weighted by molar-refractivity contribution is -0.141. The molecule has 1 atom stereocenters. The number of pyridine rings is 1. The van der Waals surface area contributed by atoms with Crippen molar-refractivity contribution in [3.8, 4) is 0 Å². The minimum Gasteiger partial charge on any atom is -0.355 e. The number of carbonyl (C=O) groups is 2. The van der Waals surface area contributed by atoms with Gasteiger partial charge in [-0.2, -0.15) is 13.2 Å². The van der Waals surface area contributed by atoms with Crippen LogP contribution in [0.1, 0.15) is 25.8 Å². The number of rotatable bonds is 3. The normalized spacial score (nSPS) is 20.1. The van der Waals surface area contributed by atoms with Gasteiger partial charge in [0.25, 0.3) is 0 Å². The molecule has 2 aliphatic rings. The van der Waals surface area contributed by atoms with E-state index in [1.807, 2.05) is 16.7 Å². The van der Waals surface area contributed by atoms with E-state index in [9.17, 15) is 22.8 Å². The second-order valence-corrected chi connectivity index (χ2v) is 7.79. The highest BCUT2D eigenvalue weighted by molar-refractivity contribution is 5.82. The summed E-state index contributed by atoms with van der Waals surface area (Å²) >= 11 is 0. The van der Waals surface area contributed by atoms with E-state index in [0.717, 1.165) is 25.2 Å². The largest absolute Gasteiger partial charge is 0.417 e. The molecule has 2 fully saturated rings. The van der Waals surface area contributed by atoms with Crippen molar-refractivity contribution in [3.05, 3.63) is 23.9 Å². The van der Waals surface area contributed by atoms with Crippen LogP contribution in [0.5, 0.6) is 0 Å². The Bertz CT molecular complexity index is 748. The fourth-order valence-electron chi connectivity index (χ4n) is 3.96. The molecule has 0 aliphatic carbocycles. The molecule has 3 heterocycles. The molecule has 0 bridgehead atoms. The smallest absolute Gasteiger partial charge is 0.355 e. The topological polar surface area (TPSA) is 60.0 Å². The summed E-state index contributed by atoms with van der Waals surface area (Å²) in [5.41, 5.74) is -0.758. The second-order valence-electron chi connectivity index (χ2n) is 7.79. The van der Waals surface area contributed by atoms with E-state index in [-0.39, 0.29) is 17.9 Å². The summed E-state index contributed by atoms with van der Waals surface area (Å²) in [4.78, 5) is 36.0. The lowest BCUT2D eigenvalue weighted by Crippen LogP contribution is -2.55. The molecule has 1 aromatic rings. The molecule has 3 rings (SSSR count). The zero-order chi connectivity index (χ0) is 21.9.